The van der Waals surface area contributed by atoms with Crippen LogP contribution in [0, 0.1) is 5.92 Å². The van der Waals surface area contributed by atoms with Crippen LogP contribution in [0.3, 0.4) is 0 Å². The maximum absolute atomic E-state index is 4.85. The Morgan fingerprint density at radius 3 is 2.44 bits per heavy atom. The molecular formula is C8H17S. The molecule has 0 nitrogen and oxygen atoms in total. The van der Waals surface area contributed by atoms with Crippen LogP contribution in [-0.2, 0) is 0 Å². The summed E-state index contributed by atoms with van der Waals surface area (Å²) in [6.07, 6.45) is 5.25. The largest absolute Gasteiger partial charge is 0.0942 e. The molecule has 0 heterocycles. The molecule has 0 bridgehead atoms. The normalized spacial score (nSPS) is 13.7. The van der Waals surface area contributed by atoms with Gasteiger partial charge in [-0.15, -0.1) is 0 Å². The monoisotopic (exact) mass is 145 g/mol. The van der Waals surface area contributed by atoms with Gasteiger partial charge in [-0.2, -0.15) is 0 Å². The van der Waals surface area contributed by atoms with Crippen molar-refractivity contribution in [3.8, 4) is 0 Å². The van der Waals surface area contributed by atoms with Gasteiger partial charge in [-0.05, 0) is 18.8 Å². The predicted molar refractivity (Wildman–Crippen MR) is 45.8 cm³/mol. The summed E-state index contributed by atoms with van der Waals surface area (Å²) >= 11 is 4.85. The molecule has 0 aromatic carbocycles. The van der Waals surface area contributed by atoms with Crippen LogP contribution in [0.1, 0.15) is 39.5 Å². The highest BCUT2D eigenvalue weighted by Gasteiger charge is 1.97. The van der Waals surface area contributed by atoms with Crippen LogP contribution >= 0.6 is 12.6 Å². The number of hydrogen-bond acceptors (Lipinski definition) is 0. The van der Waals surface area contributed by atoms with E-state index in [1.807, 2.05) is 0 Å². The lowest BCUT2D eigenvalue weighted by Crippen LogP contribution is -1.93. The molecule has 0 spiro atoms. The molecule has 0 saturated carbocycles. The molecule has 1 atom stereocenters. The highest BCUT2D eigenvalue weighted by Crippen LogP contribution is 2.11. The van der Waals surface area contributed by atoms with Crippen molar-refractivity contribution in [2.24, 2.45) is 5.92 Å². The Hall–Kier alpha value is 0.350. The molecule has 9 heavy (non-hydrogen) atoms. The Balaban J connectivity index is 2.95. The van der Waals surface area contributed by atoms with E-state index in [-0.39, 0.29) is 0 Å². The minimum atomic E-state index is 0.901. The molecule has 0 N–H and O–H groups in total. The van der Waals surface area contributed by atoms with Crippen LogP contribution in [0.5, 0.6) is 0 Å². The SMILES string of the molecule is CCCC(C)CCC[S]. The maximum atomic E-state index is 4.85. The minimum absolute atomic E-state index is 0.901. The highest BCUT2D eigenvalue weighted by atomic mass is 32.1. The van der Waals surface area contributed by atoms with Crippen molar-refractivity contribution in [1.29, 1.82) is 0 Å². The van der Waals surface area contributed by atoms with Crippen molar-refractivity contribution in [3.63, 3.8) is 0 Å². The van der Waals surface area contributed by atoms with Gasteiger partial charge in [-0.25, -0.2) is 0 Å². The number of rotatable bonds is 5. The van der Waals surface area contributed by atoms with E-state index in [1.54, 1.807) is 0 Å². The molecule has 0 rings (SSSR count). The molecular weight excluding hydrogens is 128 g/mol. The van der Waals surface area contributed by atoms with Gasteiger partial charge < -0.3 is 0 Å². The second-order valence-electron chi connectivity index (χ2n) is 2.74. The van der Waals surface area contributed by atoms with Crippen LogP contribution in [0.25, 0.3) is 0 Å². The minimum Gasteiger partial charge on any atom is -0.0942 e. The Kier molecular flexibility index (Phi) is 6.72. The lowest BCUT2D eigenvalue weighted by Gasteiger charge is -2.06. The second-order valence-corrected chi connectivity index (χ2v) is 3.15. The average molecular weight is 145 g/mol. The van der Waals surface area contributed by atoms with Crippen molar-refractivity contribution in [1.82, 2.24) is 0 Å². The van der Waals surface area contributed by atoms with Crippen LogP contribution < -0.4 is 0 Å². The van der Waals surface area contributed by atoms with Gasteiger partial charge in [-0.1, -0.05) is 39.3 Å². The van der Waals surface area contributed by atoms with E-state index >= 15 is 0 Å². The van der Waals surface area contributed by atoms with Gasteiger partial charge in [-0.3, -0.25) is 0 Å². The molecule has 0 aromatic rings. The molecule has 1 unspecified atom stereocenters. The zero-order valence-corrected chi connectivity index (χ0v) is 7.34. The van der Waals surface area contributed by atoms with Gasteiger partial charge in [0.2, 0.25) is 0 Å². The summed E-state index contributed by atoms with van der Waals surface area (Å²) in [5, 5.41) is 0. The third-order valence-corrected chi connectivity index (χ3v) is 1.91. The fourth-order valence-corrected chi connectivity index (χ4v) is 1.24. The quantitative estimate of drug-likeness (QED) is 0.556. The molecule has 0 aromatic heterocycles. The van der Waals surface area contributed by atoms with Gasteiger partial charge in [0.15, 0.2) is 0 Å². The molecule has 1 heteroatoms. The summed E-state index contributed by atoms with van der Waals surface area (Å²) in [5.74, 6) is 1.84. The van der Waals surface area contributed by atoms with Crippen LogP contribution in [0.4, 0.5) is 0 Å². The van der Waals surface area contributed by atoms with Crippen molar-refractivity contribution >= 4 is 12.6 Å². The Labute approximate surface area is 64.4 Å². The summed E-state index contributed by atoms with van der Waals surface area (Å²) in [4.78, 5) is 0. The second kappa shape index (κ2) is 6.47. The fourth-order valence-electron chi connectivity index (χ4n) is 1.07. The molecule has 0 fully saturated rings. The third-order valence-electron chi connectivity index (χ3n) is 1.62. The molecule has 0 aliphatic carbocycles. The summed E-state index contributed by atoms with van der Waals surface area (Å²) in [5.41, 5.74) is 0. The summed E-state index contributed by atoms with van der Waals surface area (Å²) in [7, 11) is 0. The summed E-state index contributed by atoms with van der Waals surface area (Å²) in [6.45, 7) is 4.55. The Morgan fingerprint density at radius 2 is 2.00 bits per heavy atom. The molecule has 1 radical (unpaired) electrons. The average Bonchev–Trinajstić information content (AvgIpc) is 1.85. The van der Waals surface area contributed by atoms with Gasteiger partial charge in [0.1, 0.15) is 0 Å². The van der Waals surface area contributed by atoms with E-state index < -0.39 is 0 Å². The maximum Gasteiger partial charge on any atom is 0.00370 e. The zero-order chi connectivity index (χ0) is 7.11. The van der Waals surface area contributed by atoms with E-state index in [0.29, 0.717) is 0 Å². The smallest absolute Gasteiger partial charge is 0.00370 e. The molecule has 55 valence electrons. The van der Waals surface area contributed by atoms with E-state index in [4.69, 9.17) is 12.6 Å². The predicted octanol–water partition coefficient (Wildman–Crippen LogP) is 3.40. The molecule has 0 aliphatic rings. The van der Waals surface area contributed by atoms with Crippen molar-refractivity contribution in [2.45, 2.75) is 39.5 Å². The van der Waals surface area contributed by atoms with Gasteiger partial charge in [0.25, 0.3) is 0 Å². The zero-order valence-electron chi connectivity index (χ0n) is 6.52. The lowest BCUT2D eigenvalue weighted by atomic mass is 10.0. The van der Waals surface area contributed by atoms with E-state index in [2.05, 4.69) is 13.8 Å². The van der Waals surface area contributed by atoms with Gasteiger partial charge >= 0.3 is 0 Å². The van der Waals surface area contributed by atoms with Crippen LogP contribution in [0.2, 0.25) is 0 Å². The third kappa shape index (κ3) is 6.23. The van der Waals surface area contributed by atoms with Crippen molar-refractivity contribution in [3.05, 3.63) is 0 Å². The summed E-state index contributed by atoms with van der Waals surface area (Å²) in [6, 6.07) is 0. The standard InChI is InChI=1S/C8H17S/c1-3-5-8(2)6-4-7-9/h8H,3-7H2,1-2H3. The summed E-state index contributed by atoms with van der Waals surface area (Å²) < 4.78 is 0. The lowest BCUT2D eigenvalue weighted by molar-refractivity contribution is 0.482. The van der Waals surface area contributed by atoms with E-state index in [1.165, 1.54) is 25.7 Å². The van der Waals surface area contributed by atoms with E-state index in [9.17, 15) is 0 Å². The van der Waals surface area contributed by atoms with Crippen LogP contribution in [0.15, 0.2) is 0 Å². The molecule has 0 saturated heterocycles. The molecule has 0 amide bonds. The Morgan fingerprint density at radius 1 is 1.33 bits per heavy atom. The first-order valence-corrected chi connectivity index (χ1v) is 4.47. The first kappa shape index (κ1) is 9.35. The van der Waals surface area contributed by atoms with Crippen LogP contribution in [-0.4, -0.2) is 5.75 Å². The highest BCUT2D eigenvalue weighted by molar-refractivity contribution is 7.80. The molecule has 0 aliphatic heterocycles. The fraction of sp³-hybridized carbons (Fsp3) is 1.00. The van der Waals surface area contributed by atoms with Gasteiger partial charge in [0.05, 0.1) is 0 Å². The van der Waals surface area contributed by atoms with Gasteiger partial charge in [0, 0.05) is 5.75 Å². The van der Waals surface area contributed by atoms with E-state index in [0.717, 1.165) is 11.7 Å². The van der Waals surface area contributed by atoms with Crippen molar-refractivity contribution < 1.29 is 0 Å². The topological polar surface area (TPSA) is 0 Å². The first-order valence-electron chi connectivity index (χ1n) is 3.89. The Bertz CT molecular complexity index is 52.5. The first-order chi connectivity index (χ1) is 4.31. The number of hydrogen-bond donors (Lipinski definition) is 0. The van der Waals surface area contributed by atoms with Crippen molar-refractivity contribution in [2.75, 3.05) is 5.75 Å².